The van der Waals surface area contributed by atoms with Crippen molar-refractivity contribution < 1.29 is 9.47 Å². The van der Waals surface area contributed by atoms with Gasteiger partial charge in [-0.2, -0.15) is 0 Å². The lowest BCUT2D eigenvalue weighted by atomic mass is 10.1. The van der Waals surface area contributed by atoms with Gasteiger partial charge in [0.15, 0.2) is 0 Å². The van der Waals surface area contributed by atoms with Crippen LogP contribution in [0.4, 0.5) is 0 Å². The molecule has 0 saturated carbocycles. The van der Waals surface area contributed by atoms with Crippen molar-refractivity contribution in [3.05, 3.63) is 89.7 Å². The first-order valence-electron chi connectivity index (χ1n) is 14.5. The Kier molecular flexibility index (Phi) is 12.5. The summed E-state index contributed by atoms with van der Waals surface area (Å²) in [5.74, 6) is 2.66. The minimum atomic E-state index is -0.205. The Labute approximate surface area is 239 Å². The lowest BCUT2D eigenvalue weighted by Crippen LogP contribution is -2.25. The van der Waals surface area contributed by atoms with Crippen molar-refractivity contribution >= 4 is 11.0 Å². The molecule has 216 valence electrons. The predicted octanol–water partition coefficient (Wildman–Crippen LogP) is 6.93. The van der Waals surface area contributed by atoms with Gasteiger partial charge in [-0.25, -0.2) is 4.98 Å². The van der Waals surface area contributed by atoms with E-state index in [4.69, 9.17) is 20.2 Å². The van der Waals surface area contributed by atoms with Crippen molar-refractivity contribution in [1.82, 2.24) is 20.6 Å². The molecule has 0 amide bonds. The minimum absolute atomic E-state index is 0. The van der Waals surface area contributed by atoms with Crippen LogP contribution >= 0.6 is 0 Å². The van der Waals surface area contributed by atoms with E-state index in [-0.39, 0.29) is 12.2 Å². The summed E-state index contributed by atoms with van der Waals surface area (Å²) in [5, 5.41) is 0. The number of imidazole rings is 1. The maximum atomic E-state index is 6.78. The average molecular weight is 546 g/mol. The number of aryl methyl sites for hydroxylation is 1. The molecular formula is C33H47N5O2. The largest absolute Gasteiger partial charge is 0.493 e. The van der Waals surface area contributed by atoms with E-state index in [0.29, 0.717) is 19.6 Å². The number of rotatable bonds is 16. The first-order chi connectivity index (χ1) is 19.1. The molecule has 0 aliphatic carbocycles. The molecule has 0 radical (unpaired) electrons. The number of benzene rings is 3. The van der Waals surface area contributed by atoms with Crippen LogP contribution in [-0.2, 0) is 19.6 Å². The summed E-state index contributed by atoms with van der Waals surface area (Å²) < 4.78 is 14.3. The smallest absolute Gasteiger partial charge is 0.127 e. The van der Waals surface area contributed by atoms with Gasteiger partial charge in [-0.1, -0.05) is 69.7 Å². The molecule has 0 unspecified atom stereocenters. The van der Waals surface area contributed by atoms with E-state index in [2.05, 4.69) is 72.7 Å². The molecule has 0 fully saturated rings. The van der Waals surface area contributed by atoms with E-state index in [1.54, 1.807) is 0 Å². The Morgan fingerprint density at radius 2 is 1.57 bits per heavy atom. The van der Waals surface area contributed by atoms with Crippen LogP contribution in [-0.4, -0.2) is 40.7 Å². The van der Waals surface area contributed by atoms with Gasteiger partial charge < -0.3 is 30.8 Å². The van der Waals surface area contributed by atoms with Gasteiger partial charge >= 0.3 is 0 Å². The molecule has 4 rings (SSSR count). The quantitative estimate of drug-likeness (QED) is 0.148. The van der Waals surface area contributed by atoms with E-state index in [9.17, 15) is 0 Å². The Morgan fingerprint density at radius 3 is 2.27 bits per heavy atom. The number of ether oxygens (including phenoxy) is 2. The number of unbranched alkanes of at least 4 members (excludes halogenated alkanes) is 1. The van der Waals surface area contributed by atoms with Crippen LogP contribution < -0.4 is 21.4 Å². The summed E-state index contributed by atoms with van der Waals surface area (Å²) in [4.78, 5) is 7.43. The van der Waals surface area contributed by atoms with Gasteiger partial charge in [-0.3, -0.25) is 0 Å². The summed E-state index contributed by atoms with van der Waals surface area (Å²) in [6.45, 7) is 12.0. The van der Waals surface area contributed by atoms with Crippen molar-refractivity contribution in [2.75, 3.05) is 26.2 Å². The fourth-order valence-electron chi connectivity index (χ4n) is 4.88. The number of hydrogen-bond acceptors (Lipinski definition) is 6. The average Bonchev–Trinajstić information content (AvgIpc) is 3.34. The SMILES string of the molecule is CCCCn1c([C@H](N)Cc2ccc(OCc3ccccc3)cc2)nc2cc(OCCCN(CC)CC)ccc21.N. The lowest BCUT2D eigenvalue weighted by Gasteiger charge is -2.17. The second kappa shape index (κ2) is 16.0. The Bertz CT molecular complexity index is 1270. The van der Waals surface area contributed by atoms with Crippen LogP contribution in [0.15, 0.2) is 72.8 Å². The number of nitrogens with zero attached hydrogens (tertiary/aromatic N) is 3. The topological polar surface area (TPSA) is 101 Å². The monoisotopic (exact) mass is 545 g/mol. The summed E-state index contributed by atoms with van der Waals surface area (Å²) >= 11 is 0. The molecule has 1 atom stereocenters. The van der Waals surface area contributed by atoms with Crippen molar-refractivity contribution in [3.8, 4) is 11.5 Å². The van der Waals surface area contributed by atoms with Crippen LogP contribution in [0.5, 0.6) is 11.5 Å². The molecule has 0 aliphatic rings. The zero-order valence-electron chi connectivity index (χ0n) is 24.5. The highest BCUT2D eigenvalue weighted by Crippen LogP contribution is 2.27. The third-order valence-corrected chi connectivity index (χ3v) is 7.23. The van der Waals surface area contributed by atoms with E-state index < -0.39 is 0 Å². The number of aromatic nitrogens is 2. The number of nitrogens with two attached hydrogens (primary N) is 1. The summed E-state index contributed by atoms with van der Waals surface area (Å²) in [6.07, 6.45) is 3.93. The zero-order chi connectivity index (χ0) is 27.5. The van der Waals surface area contributed by atoms with E-state index in [1.165, 1.54) is 5.56 Å². The molecule has 1 heterocycles. The molecule has 7 nitrogen and oxygen atoms in total. The lowest BCUT2D eigenvalue weighted by molar-refractivity contribution is 0.249. The summed E-state index contributed by atoms with van der Waals surface area (Å²) in [5.41, 5.74) is 11.2. The predicted molar refractivity (Wildman–Crippen MR) is 165 cm³/mol. The third-order valence-electron chi connectivity index (χ3n) is 7.23. The zero-order valence-corrected chi connectivity index (χ0v) is 24.5. The highest BCUT2D eigenvalue weighted by Gasteiger charge is 2.18. The molecule has 0 spiro atoms. The maximum absolute atomic E-state index is 6.78. The standard InChI is InChI=1S/C33H44N4O2.H3N/c1-4-7-21-37-32-19-18-29(38-22-11-20-36(5-2)6-3)24-31(32)35-33(37)30(34)23-26-14-16-28(17-15-26)39-25-27-12-9-8-10-13-27;/h8-10,12-19,24,30H,4-7,11,20-23,25,34H2,1-3H3;1H3/t30-;/m1./s1. The van der Waals surface area contributed by atoms with E-state index in [1.807, 2.05) is 30.3 Å². The minimum Gasteiger partial charge on any atom is -0.493 e. The highest BCUT2D eigenvalue weighted by molar-refractivity contribution is 5.78. The van der Waals surface area contributed by atoms with Crippen molar-refractivity contribution in [2.24, 2.45) is 5.73 Å². The molecule has 1 aromatic heterocycles. The van der Waals surface area contributed by atoms with Gasteiger partial charge in [0.2, 0.25) is 0 Å². The molecule has 0 saturated heterocycles. The van der Waals surface area contributed by atoms with E-state index >= 15 is 0 Å². The number of hydrogen-bond donors (Lipinski definition) is 2. The van der Waals surface area contributed by atoms with E-state index in [0.717, 1.165) is 79.4 Å². The van der Waals surface area contributed by atoms with Gasteiger partial charge in [-0.05, 0) is 67.7 Å². The summed E-state index contributed by atoms with van der Waals surface area (Å²) in [7, 11) is 0. The Balaban J connectivity index is 0.00000441. The van der Waals surface area contributed by atoms with Crippen molar-refractivity contribution in [3.63, 3.8) is 0 Å². The van der Waals surface area contributed by atoms with Crippen LogP contribution in [0, 0.1) is 0 Å². The molecule has 40 heavy (non-hydrogen) atoms. The van der Waals surface area contributed by atoms with Crippen LogP contribution in [0.3, 0.4) is 0 Å². The molecule has 0 aliphatic heterocycles. The Hall–Kier alpha value is -3.39. The molecule has 7 heteroatoms. The second-order valence-corrected chi connectivity index (χ2v) is 10.1. The fourth-order valence-corrected chi connectivity index (χ4v) is 4.88. The number of fused-ring (bicyclic) bond motifs is 1. The summed E-state index contributed by atoms with van der Waals surface area (Å²) in [6, 6.07) is 24.5. The fraction of sp³-hybridized carbons (Fsp3) is 0.424. The van der Waals surface area contributed by atoms with Crippen LogP contribution in [0.25, 0.3) is 11.0 Å². The third kappa shape index (κ3) is 8.55. The second-order valence-electron chi connectivity index (χ2n) is 10.1. The normalized spacial score (nSPS) is 11.9. The van der Waals surface area contributed by atoms with Gasteiger partial charge in [0.25, 0.3) is 0 Å². The van der Waals surface area contributed by atoms with Crippen molar-refractivity contribution in [1.29, 1.82) is 0 Å². The molecule has 3 aromatic carbocycles. The molecule has 0 bridgehead atoms. The Morgan fingerprint density at radius 1 is 0.850 bits per heavy atom. The highest BCUT2D eigenvalue weighted by atomic mass is 16.5. The maximum Gasteiger partial charge on any atom is 0.127 e. The molecule has 4 aromatic rings. The molecular weight excluding hydrogens is 498 g/mol. The first kappa shape index (κ1) is 31.1. The van der Waals surface area contributed by atoms with Gasteiger partial charge in [-0.15, -0.1) is 0 Å². The van der Waals surface area contributed by atoms with Gasteiger partial charge in [0.05, 0.1) is 23.7 Å². The van der Waals surface area contributed by atoms with Crippen molar-refractivity contribution in [2.45, 2.75) is 65.6 Å². The van der Waals surface area contributed by atoms with Crippen LogP contribution in [0.1, 0.15) is 63.0 Å². The van der Waals surface area contributed by atoms with Gasteiger partial charge in [0, 0.05) is 19.2 Å². The first-order valence-corrected chi connectivity index (χ1v) is 14.5. The van der Waals surface area contributed by atoms with Gasteiger partial charge in [0.1, 0.15) is 23.9 Å². The van der Waals surface area contributed by atoms with Crippen LogP contribution in [0.2, 0.25) is 0 Å². The molecule has 5 N–H and O–H groups in total.